The number of nitrogens with zero attached hydrogens (tertiary/aromatic N) is 1. The smallest absolute Gasteiger partial charge is 0.366 e. The fourth-order valence-corrected chi connectivity index (χ4v) is 1.53. The van der Waals surface area contributed by atoms with Crippen LogP contribution < -0.4 is 10.6 Å². The Bertz CT molecular complexity index is 574. The fraction of sp³-hybridized carbons (Fsp3) is 0.100. The van der Waals surface area contributed by atoms with Crippen LogP contribution in [0.25, 0.3) is 10.9 Å². The molecule has 17 heavy (non-hydrogen) atoms. The van der Waals surface area contributed by atoms with E-state index in [1.165, 1.54) is 18.2 Å². The molecule has 1 amide bonds. The van der Waals surface area contributed by atoms with Crippen LogP contribution in [0.3, 0.4) is 0 Å². The lowest BCUT2D eigenvalue weighted by Crippen LogP contribution is -2.26. The van der Waals surface area contributed by atoms with Gasteiger partial charge in [0.15, 0.2) is 0 Å². The molecule has 1 aromatic carbocycles. The van der Waals surface area contributed by atoms with Crippen molar-refractivity contribution in [3.05, 3.63) is 36.0 Å². The van der Waals surface area contributed by atoms with Crippen LogP contribution in [0.1, 0.15) is 10.4 Å². The first kappa shape index (κ1) is 11.3. The van der Waals surface area contributed by atoms with Crippen molar-refractivity contribution in [3.8, 4) is 0 Å². The highest BCUT2D eigenvalue weighted by molar-refractivity contribution is 6.06. The number of para-hydroxylation sites is 1. The molecule has 7 heteroatoms. The summed E-state index contributed by atoms with van der Waals surface area (Å²) in [5, 5.41) is 0.309. The van der Waals surface area contributed by atoms with E-state index in [0.717, 1.165) is 6.20 Å². The minimum absolute atomic E-state index is 0.0233. The first-order chi connectivity index (χ1) is 7.88. The van der Waals surface area contributed by atoms with Gasteiger partial charge in [-0.25, -0.2) is 0 Å². The summed E-state index contributed by atoms with van der Waals surface area (Å²) >= 11 is 0. The van der Waals surface area contributed by atoms with Crippen LogP contribution in [0.4, 0.5) is 13.2 Å². The lowest BCUT2D eigenvalue weighted by atomic mass is 10.2. The number of nitrogens with two attached hydrogens (primary N) is 1. The Kier molecular flexibility index (Phi) is 2.45. The fourth-order valence-electron chi connectivity index (χ4n) is 1.53. The van der Waals surface area contributed by atoms with E-state index in [1.807, 2.05) is 0 Å². The zero-order chi connectivity index (χ0) is 12.6. The van der Waals surface area contributed by atoms with Gasteiger partial charge in [0.05, 0.1) is 17.3 Å². The second-order valence-corrected chi connectivity index (χ2v) is 3.29. The van der Waals surface area contributed by atoms with Crippen LogP contribution in [0.15, 0.2) is 30.5 Å². The van der Waals surface area contributed by atoms with Gasteiger partial charge in [-0.1, -0.05) is 18.2 Å². The average Bonchev–Trinajstić information content (AvgIpc) is 2.55. The summed E-state index contributed by atoms with van der Waals surface area (Å²) < 4.78 is 36.8. The Hall–Kier alpha value is -2.18. The number of hydrogen-bond donors (Lipinski definition) is 1. The summed E-state index contributed by atoms with van der Waals surface area (Å²) in [6, 6.07) is 6.01. The quantitative estimate of drug-likeness (QED) is 0.873. The normalized spacial score (nSPS) is 11.7. The number of rotatable bonds is 2. The molecule has 4 nitrogen and oxygen atoms in total. The van der Waals surface area contributed by atoms with Gasteiger partial charge in [0.25, 0.3) is 5.91 Å². The number of amides is 1. The number of carbonyl (C=O) groups is 1. The Morgan fingerprint density at radius 3 is 2.53 bits per heavy atom. The Morgan fingerprint density at radius 1 is 1.29 bits per heavy atom. The molecule has 2 aromatic rings. The van der Waals surface area contributed by atoms with Crippen molar-refractivity contribution in [2.75, 3.05) is 0 Å². The van der Waals surface area contributed by atoms with Gasteiger partial charge in [-0.3, -0.25) is 4.79 Å². The van der Waals surface area contributed by atoms with E-state index < -0.39 is 12.3 Å². The van der Waals surface area contributed by atoms with Crippen LogP contribution >= 0.6 is 0 Å². The van der Waals surface area contributed by atoms with Crippen molar-refractivity contribution in [2.24, 2.45) is 5.73 Å². The van der Waals surface area contributed by atoms with Crippen LogP contribution in [-0.4, -0.2) is 17.0 Å². The Labute approximate surface area is 93.3 Å². The molecule has 0 atom stereocenters. The maximum Gasteiger partial charge on any atom is 0.591 e. The number of carbonyl (C=O) groups excluding carboxylic acids is 1. The van der Waals surface area contributed by atoms with Crippen LogP contribution in [0.5, 0.6) is 0 Å². The number of aromatic nitrogens is 1. The molecule has 2 N–H and O–H groups in total. The van der Waals surface area contributed by atoms with Gasteiger partial charge in [-0.2, -0.15) is 4.73 Å². The van der Waals surface area contributed by atoms with Crippen LogP contribution in [0, 0.1) is 0 Å². The van der Waals surface area contributed by atoms with Crippen molar-refractivity contribution >= 4 is 16.8 Å². The third kappa shape index (κ3) is 2.17. The lowest BCUT2D eigenvalue weighted by Gasteiger charge is -2.09. The summed E-state index contributed by atoms with van der Waals surface area (Å²) in [4.78, 5) is 14.8. The highest BCUT2D eigenvalue weighted by Gasteiger charge is 2.33. The number of fused-ring (bicyclic) bond motifs is 1. The van der Waals surface area contributed by atoms with Crippen LogP contribution in [0.2, 0.25) is 0 Å². The minimum atomic E-state index is -4.84. The SMILES string of the molecule is NC(=O)c1cn(OC(F)(F)F)c2ccccc12. The monoisotopic (exact) mass is 244 g/mol. The molecule has 0 fully saturated rings. The van der Waals surface area contributed by atoms with Gasteiger partial charge in [0.2, 0.25) is 0 Å². The first-order valence-electron chi connectivity index (χ1n) is 4.54. The van der Waals surface area contributed by atoms with Crippen molar-refractivity contribution in [2.45, 2.75) is 6.36 Å². The number of alkyl halides is 3. The van der Waals surface area contributed by atoms with Crippen molar-refractivity contribution < 1.29 is 22.8 Å². The highest BCUT2D eigenvalue weighted by atomic mass is 19.4. The van der Waals surface area contributed by atoms with E-state index in [9.17, 15) is 18.0 Å². The molecule has 0 radical (unpaired) electrons. The van der Waals surface area contributed by atoms with Gasteiger partial charge < -0.3 is 10.6 Å². The molecule has 1 aromatic heterocycles. The molecular weight excluding hydrogens is 237 g/mol. The molecule has 0 saturated heterocycles. The maximum atomic E-state index is 12.1. The largest absolute Gasteiger partial charge is 0.591 e. The number of halogens is 3. The third-order valence-electron chi connectivity index (χ3n) is 2.15. The lowest BCUT2D eigenvalue weighted by molar-refractivity contribution is -0.321. The standard InChI is InChI=1S/C10H7F3N2O2/c11-10(12,13)17-15-5-7(9(14)16)6-3-1-2-4-8(6)15/h1-5H,(H2,14,16). The van der Waals surface area contributed by atoms with Gasteiger partial charge in [-0.05, 0) is 6.07 Å². The summed E-state index contributed by atoms with van der Waals surface area (Å²) in [5.41, 5.74) is 5.17. The molecule has 0 aliphatic heterocycles. The molecule has 2 rings (SSSR count). The Balaban J connectivity index is 2.61. The van der Waals surface area contributed by atoms with Gasteiger partial charge in [0, 0.05) is 5.39 Å². The first-order valence-corrected chi connectivity index (χ1v) is 4.54. The van der Waals surface area contributed by atoms with E-state index in [2.05, 4.69) is 4.84 Å². The zero-order valence-corrected chi connectivity index (χ0v) is 8.36. The van der Waals surface area contributed by atoms with Gasteiger partial charge >= 0.3 is 6.36 Å². The minimum Gasteiger partial charge on any atom is -0.366 e. The molecule has 0 bridgehead atoms. The number of primary amides is 1. The van der Waals surface area contributed by atoms with E-state index in [-0.39, 0.29) is 11.1 Å². The summed E-state index contributed by atoms with van der Waals surface area (Å²) in [6.07, 6.45) is -3.92. The Morgan fingerprint density at radius 2 is 1.94 bits per heavy atom. The number of benzene rings is 1. The maximum absolute atomic E-state index is 12.1. The van der Waals surface area contributed by atoms with Gasteiger partial charge in [-0.15, -0.1) is 13.2 Å². The topological polar surface area (TPSA) is 57.2 Å². The highest BCUT2D eigenvalue weighted by Crippen LogP contribution is 2.22. The predicted octanol–water partition coefficient (Wildman–Crippen LogP) is 1.69. The van der Waals surface area contributed by atoms with Crippen LogP contribution in [-0.2, 0) is 0 Å². The molecular formula is C10H7F3N2O2. The van der Waals surface area contributed by atoms with E-state index in [4.69, 9.17) is 5.73 Å². The third-order valence-corrected chi connectivity index (χ3v) is 2.15. The van der Waals surface area contributed by atoms with E-state index in [0.29, 0.717) is 10.1 Å². The van der Waals surface area contributed by atoms with E-state index in [1.54, 1.807) is 6.07 Å². The molecule has 0 aliphatic carbocycles. The molecule has 0 saturated carbocycles. The summed E-state index contributed by atoms with van der Waals surface area (Å²) in [5.74, 6) is -0.814. The summed E-state index contributed by atoms with van der Waals surface area (Å²) in [6.45, 7) is 0. The predicted molar refractivity (Wildman–Crippen MR) is 53.1 cm³/mol. The van der Waals surface area contributed by atoms with Gasteiger partial charge in [0.1, 0.15) is 0 Å². The van der Waals surface area contributed by atoms with Crippen molar-refractivity contribution in [3.63, 3.8) is 0 Å². The molecule has 90 valence electrons. The van der Waals surface area contributed by atoms with Crippen molar-refractivity contribution in [1.29, 1.82) is 0 Å². The van der Waals surface area contributed by atoms with E-state index >= 15 is 0 Å². The molecule has 0 spiro atoms. The second kappa shape index (κ2) is 3.69. The number of hydrogen-bond acceptors (Lipinski definition) is 2. The van der Waals surface area contributed by atoms with Crippen molar-refractivity contribution in [1.82, 2.24) is 4.73 Å². The summed E-state index contributed by atoms with van der Waals surface area (Å²) in [7, 11) is 0. The molecule has 1 heterocycles. The molecule has 0 unspecified atom stereocenters. The second-order valence-electron chi connectivity index (χ2n) is 3.29. The zero-order valence-electron chi connectivity index (χ0n) is 8.36. The molecule has 0 aliphatic rings. The average molecular weight is 244 g/mol.